The predicted octanol–water partition coefficient (Wildman–Crippen LogP) is 3.67. The van der Waals surface area contributed by atoms with Crippen molar-refractivity contribution in [2.45, 2.75) is 32.1 Å². The normalized spacial score (nSPS) is 16.3. The fraction of sp³-hybridized carbons (Fsp3) is 0.444. The van der Waals surface area contributed by atoms with Crippen LogP contribution < -0.4 is 19.8 Å². The summed E-state index contributed by atoms with van der Waals surface area (Å²) in [5.74, 6) is 2.33. The summed E-state index contributed by atoms with van der Waals surface area (Å²) in [6, 6.07) is 3.87. The monoisotopic (exact) mass is 377 g/mol. The summed E-state index contributed by atoms with van der Waals surface area (Å²) in [4.78, 5) is 17.3. The molecule has 140 valence electrons. The van der Waals surface area contributed by atoms with E-state index in [0.717, 1.165) is 10.6 Å². The fourth-order valence-corrected chi connectivity index (χ4v) is 4.15. The van der Waals surface area contributed by atoms with Crippen LogP contribution in [0.25, 0.3) is 0 Å². The molecule has 2 heterocycles. The highest BCUT2D eigenvalue weighted by Crippen LogP contribution is 2.48. The lowest BCUT2D eigenvalue weighted by molar-refractivity contribution is 0.324. The van der Waals surface area contributed by atoms with Gasteiger partial charge in [0.05, 0.1) is 37.2 Å². The topological polar surface area (TPSA) is 77.8 Å². The second-order valence-electron chi connectivity index (χ2n) is 6.23. The molecule has 1 aliphatic heterocycles. The number of aromatic nitrogens is 2. The van der Waals surface area contributed by atoms with E-state index in [0.29, 0.717) is 28.6 Å². The molecule has 1 aromatic carbocycles. The summed E-state index contributed by atoms with van der Waals surface area (Å²) >= 11 is 1.54. The number of hydrogen-bond acceptors (Lipinski definition) is 6. The molecule has 0 unspecified atom stereocenters. The summed E-state index contributed by atoms with van der Waals surface area (Å²) in [6.45, 7) is 5.97. The van der Waals surface area contributed by atoms with Gasteiger partial charge in [-0.2, -0.15) is 0 Å². The number of methoxy groups -OCH3 is 3. The van der Waals surface area contributed by atoms with Crippen molar-refractivity contribution in [1.29, 1.82) is 0 Å². The van der Waals surface area contributed by atoms with Gasteiger partial charge in [-0.05, 0) is 38.5 Å². The molecule has 8 heteroatoms. The second-order valence-corrected chi connectivity index (χ2v) is 7.53. The SMILES string of the molecule is COc1cc([C@@H]2SC(C)=Nc3c2c(=O)[nH]n3C(C)C)cc(OC)c1OC. The smallest absolute Gasteiger partial charge is 0.271 e. The van der Waals surface area contributed by atoms with Gasteiger partial charge in [-0.25, -0.2) is 4.99 Å². The van der Waals surface area contributed by atoms with Crippen molar-refractivity contribution < 1.29 is 14.2 Å². The lowest BCUT2D eigenvalue weighted by Gasteiger charge is -2.23. The van der Waals surface area contributed by atoms with Gasteiger partial charge in [-0.15, -0.1) is 0 Å². The van der Waals surface area contributed by atoms with E-state index < -0.39 is 0 Å². The van der Waals surface area contributed by atoms with Gasteiger partial charge in [0.25, 0.3) is 5.56 Å². The first-order valence-corrected chi connectivity index (χ1v) is 9.15. The maximum Gasteiger partial charge on any atom is 0.271 e. The first-order valence-electron chi connectivity index (χ1n) is 8.27. The van der Waals surface area contributed by atoms with Crippen LogP contribution in [0, 0.1) is 0 Å². The lowest BCUT2D eigenvalue weighted by Crippen LogP contribution is -2.14. The minimum atomic E-state index is -0.208. The number of H-pyrrole nitrogens is 1. The number of ether oxygens (including phenoxy) is 3. The van der Waals surface area contributed by atoms with E-state index in [9.17, 15) is 4.79 Å². The summed E-state index contributed by atoms with van der Waals surface area (Å²) in [6.07, 6.45) is 0. The number of thioether (sulfide) groups is 1. The number of aromatic amines is 1. The molecule has 2 aromatic rings. The highest BCUT2D eigenvalue weighted by atomic mass is 32.2. The molecule has 0 bridgehead atoms. The number of nitrogens with one attached hydrogen (secondary N) is 1. The highest BCUT2D eigenvalue weighted by Gasteiger charge is 2.32. The van der Waals surface area contributed by atoms with Crippen molar-refractivity contribution in [1.82, 2.24) is 9.78 Å². The number of aliphatic imine (C=N–C) groups is 1. The summed E-state index contributed by atoms with van der Waals surface area (Å²) < 4.78 is 18.1. The third kappa shape index (κ3) is 2.98. The number of hydrogen-bond donors (Lipinski definition) is 1. The predicted molar refractivity (Wildman–Crippen MR) is 104 cm³/mol. The Morgan fingerprint density at radius 2 is 1.77 bits per heavy atom. The van der Waals surface area contributed by atoms with Crippen molar-refractivity contribution in [3.8, 4) is 17.2 Å². The van der Waals surface area contributed by atoms with Crippen LogP contribution in [0.2, 0.25) is 0 Å². The Balaban J connectivity index is 2.21. The van der Waals surface area contributed by atoms with Gasteiger partial charge in [0.2, 0.25) is 5.75 Å². The van der Waals surface area contributed by atoms with Crippen LogP contribution in [0.5, 0.6) is 17.2 Å². The largest absolute Gasteiger partial charge is 0.493 e. The van der Waals surface area contributed by atoms with E-state index in [1.807, 2.05) is 37.6 Å². The molecule has 7 nitrogen and oxygen atoms in total. The van der Waals surface area contributed by atoms with Crippen LogP contribution >= 0.6 is 11.8 Å². The molecule has 0 aliphatic carbocycles. The standard InChI is InChI=1S/C18H23N3O4S/c1-9(2)21-17-14(18(22)20-21)16(26-10(3)19-17)11-7-12(23-4)15(25-6)13(8-11)24-5/h7-9,16H,1-6H3,(H,20,22)/t16-/m0/s1. The van der Waals surface area contributed by atoms with Gasteiger partial charge >= 0.3 is 0 Å². The van der Waals surface area contributed by atoms with E-state index in [1.54, 1.807) is 21.3 Å². The van der Waals surface area contributed by atoms with Crippen molar-refractivity contribution in [3.05, 3.63) is 33.6 Å². The van der Waals surface area contributed by atoms with E-state index in [2.05, 4.69) is 10.1 Å². The zero-order valence-corrected chi connectivity index (χ0v) is 16.6. The van der Waals surface area contributed by atoms with Gasteiger partial charge in [0.1, 0.15) is 0 Å². The summed E-state index contributed by atoms with van der Waals surface area (Å²) in [5.41, 5.74) is 1.41. The van der Waals surface area contributed by atoms with Crippen LogP contribution in [-0.4, -0.2) is 36.2 Å². The molecule has 1 atom stereocenters. The quantitative estimate of drug-likeness (QED) is 0.860. The molecular weight excluding hydrogens is 354 g/mol. The van der Waals surface area contributed by atoms with Crippen LogP contribution in [-0.2, 0) is 0 Å². The second kappa shape index (κ2) is 7.11. The molecule has 3 rings (SSSR count). The van der Waals surface area contributed by atoms with E-state index in [-0.39, 0.29) is 16.9 Å². The zero-order chi connectivity index (χ0) is 19.0. The molecule has 1 N–H and O–H groups in total. The molecule has 0 saturated heterocycles. The number of benzene rings is 1. The summed E-state index contributed by atoms with van der Waals surface area (Å²) in [5, 5.41) is 3.59. The molecule has 1 aromatic heterocycles. The molecular formula is C18H23N3O4S. The first kappa shape index (κ1) is 18.4. The van der Waals surface area contributed by atoms with Gasteiger partial charge in [-0.1, -0.05) is 11.8 Å². The van der Waals surface area contributed by atoms with Crippen molar-refractivity contribution >= 4 is 22.6 Å². The summed E-state index contributed by atoms with van der Waals surface area (Å²) in [7, 11) is 4.72. The van der Waals surface area contributed by atoms with Crippen LogP contribution in [0.15, 0.2) is 21.9 Å². The lowest BCUT2D eigenvalue weighted by atomic mass is 10.0. The van der Waals surface area contributed by atoms with Crippen molar-refractivity contribution in [2.75, 3.05) is 21.3 Å². The molecule has 0 radical (unpaired) electrons. The maximum atomic E-state index is 12.7. The van der Waals surface area contributed by atoms with Gasteiger partial charge < -0.3 is 14.2 Å². The third-order valence-corrected chi connectivity index (χ3v) is 5.43. The van der Waals surface area contributed by atoms with Gasteiger partial charge in [-0.3, -0.25) is 14.6 Å². The Hall–Kier alpha value is -2.35. The third-order valence-electron chi connectivity index (χ3n) is 4.26. The Bertz CT molecular complexity index is 889. The van der Waals surface area contributed by atoms with Crippen LogP contribution in [0.3, 0.4) is 0 Å². The molecule has 1 aliphatic rings. The van der Waals surface area contributed by atoms with E-state index in [1.165, 1.54) is 11.8 Å². The zero-order valence-electron chi connectivity index (χ0n) is 15.7. The van der Waals surface area contributed by atoms with E-state index in [4.69, 9.17) is 14.2 Å². The Morgan fingerprint density at radius 3 is 2.27 bits per heavy atom. The highest BCUT2D eigenvalue weighted by molar-refractivity contribution is 8.14. The van der Waals surface area contributed by atoms with Crippen molar-refractivity contribution in [2.24, 2.45) is 4.99 Å². The van der Waals surface area contributed by atoms with Crippen LogP contribution in [0.4, 0.5) is 5.82 Å². The molecule has 0 saturated carbocycles. The van der Waals surface area contributed by atoms with Crippen molar-refractivity contribution in [3.63, 3.8) is 0 Å². The Morgan fingerprint density at radius 1 is 1.15 bits per heavy atom. The minimum absolute atomic E-state index is 0.103. The fourth-order valence-electron chi connectivity index (χ4n) is 3.07. The molecule has 0 amide bonds. The van der Waals surface area contributed by atoms with E-state index >= 15 is 0 Å². The first-order chi connectivity index (χ1) is 12.4. The number of nitrogens with zero attached hydrogens (tertiary/aromatic N) is 2. The Kier molecular flexibility index (Phi) is 5.04. The maximum absolute atomic E-state index is 12.7. The molecule has 0 fully saturated rings. The number of fused-ring (bicyclic) bond motifs is 1. The average Bonchev–Trinajstić information content (AvgIpc) is 2.96. The van der Waals surface area contributed by atoms with Gasteiger partial charge in [0.15, 0.2) is 17.3 Å². The number of rotatable bonds is 5. The minimum Gasteiger partial charge on any atom is -0.493 e. The molecule has 0 spiro atoms. The average molecular weight is 377 g/mol. The van der Waals surface area contributed by atoms with Gasteiger partial charge in [0, 0.05) is 6.04 Å². The Labute approximate surface area is 156 Å². The van der Waals surface area contributed by atoms with Crippen LogP contribution in [0.1, 0.15) is 43.2 Å². The molecule has 26 heavy (non-hydrogen) atoms.